The first kappa shape index (κ1) is 20.7. The number of piperidine rings is 1. The van der Waals surface area contributed by atoms with Gasteiger partial charge in [0.1, 0.15) is 12.4 Å². The summed E-state index contributed by atoms with van der Waals surface area (Å²) in [6.07, 6.45) is 8.64. The quantitative estimate of drug-likeness (QED) is 0.749. The molecule has 1 aromatic carbocycles. The molecule has 0 radical (unpaired) electrons. The molecule has 1 amide bonds. The topological polar surface area (TPSA) is 65.0 Å². The molecular formula is C22H31N3O3. The van der Waals surface area contributed by atoms with Crippen molar-refractivity contribution in [3.05, 3.63) is 29.8 Å². The number of benzene rings is 1. The number of amides is 1. The Morgan fingerprint density at radius 3 is 2.64 bits per heavy atom. The summed E-state index contributed by atoms with van der Waals surface area (Å²) in [5.74, 6) is 2.88. The maximum absolute atomic E-state index is 12.7. The van der Waals surface area contributed by atoms with Gasteiger partial charge >= 0.3 is 0 Å². The van der Waals surface area contributed by atoms with E-state index in [1.165, 1.54) is 0 Å². The first-order chi connectivity index (χ1) is 13.6. The third-order valence-corrected chi connectivity index (χ3v) is 5.80. The van der Waals surface area contributed by atoms with Gasteiger partial charge in [-0.15, -0.1) is 6.42 Å². The number of aliphatic hydroxyl groups is 1. The van der Waals surface area contributed by atoms with Crippen LogP contribution < -0.4 is 10.1 Å². The van der Waals surface area contributed by atoms with Crippen LogP contribution in [0.5, 0.6) is 5.75 Å². The van der Waals surface area contributed by atoms with Crippen LogP contribution in [0, 0.1) is 12.3 Å². The van der Waals surface area contributed by atoms with Crippen molar-refractivity contribution in [3.8, 4) is 18.1 Å². The SMILES string of the molecule is C#CCOc1ccc(C(=O)NC2CN(C3CCN(C)CC3)CCCC2O)cc1. The molecular weight excluding hydrogens is 354 g/mol. The van der Waals surface area contributed by atoms with Crippen LogP contribution >= 0.6 is 0 Å². The highest BCUT2D eigenvalue weighted by atomic mass is 16.5. The Bertz CT molecular complexity index is 677. The van der Waals surface area contributed by atoms with E-state index < -0.39 is 6.10 Å². The van der Waals surface area contributed by atoms with Crippen LogP contribution in [-0.2, 0) is 0 Å². The molecule has 0 aliphatic carbocycles. The minimum atomic E-state index is -0.515. The molecule has 6 heteroatoms. The van der Waals surface area contributed by atoms with Gasteiger partial charge in [0.25, 0.3) is 5.91 Å². The van der Waals surface area contributed by atoms with Crippen LogP contribution in [0.3, 0.4) is 0 Å². The van der Waals surface area contributed by atoms with Crippen molar-refractivity contribution in [1.82, 2.24) is 15.1 Å². The van der Waals surface area contributed by atoms with Crippen LogP contribution in [0.25, 0.3) is 0 Å². The number of carbonyl (C=O) groups is 1. The molecule has 2 fully saturated rings. The third kappa shape index (κ3) is 5.48. The van der Waals surface area contributed by atoms with Crippen molar-refractivity contribution in [2.45, 2.75) is 43.9 Å². The Balaban J connectivity index is 1.60. The van der Waals surface area contributed by atoms with E-state index >= 15 is 0 Å². The first-order valence-electron chi connectivity index (χ1n) is 10.1. The maximum atomic E-state index is 12.7. The lowest BCUT2D eigenvalue weighted by atomic mass is 10.0. The molecule has 2 unspecified atom stereocenters. The molecule has 2 heterocycles. The average Bonchev–Trinajstić information content (AvgIpc) is 2.89. The fourth-order valence-corrected chi connectivity index (χ4v) is 4.08. The number of aliphatic hydroxyl groups excluding tert-OH is 1. The standard InChI is InChI=1S/C22H31N3O3/c1-3-15-28-19-8-6-17(7-9-19)22(27)23-20-16-25(12-4-5-21(20)26)18-10-13-24(2)14-11-18/h1,6-9,18,20-21,26H,4-5,10-16H2,2H3,(H,23,27). The Morgan fingerprint density at radius 1 is 1.25 bits per heavy atom. The van der Waals surface area contributed by atoms with Crippen molar-refractivity contribution >= 4 is 5.91 Å². The second-order valence-corrected chi connectivity index (χ2v) is 7.84. The summed E-state index contributed by atoms with van der Waals surface area (Å²) in [6, 6.07) is 7.19. The number of rotatable bonds is 5. The van der Waals surface area contributed by atoms with E-state index in [0.29, 0.717) is 30.3 Å². The summed E-state index contributed by atoms with van der Waals surface area (Å²) in [7, 11) is 2.16. The van der Waals surface area contributed by atoms with Gasteiger partial charge in [0.05, 0.1) is 12.1 Å². The number of nitrogens with one attached hydrogen (secondary N) is 1. The molecule has 0 saturated carbocycles. The molecule has 6 nitrogen and oxygen atoms in total. The van der Waals surface area contributed by atoms with Gasteiger partial charge in [-0.2, -0.15) is 0 Å². The molecule has 3 rings (SSSR count). The van der Waals surface area contributed by atoms with E-state index in [1.54, 1.807) is 24.3 Å². The van der Waals surface area contributed by atoms with Crippen molar-refractivity contribution < 1.29 is 14.6 Å². The van der Waals surface area contributed by atoms with Gasteiger partial charge in [-0.3, -0.25) is 9.69 Å². The number of ether oxygens (including phenoxy) is 1. The molecule has 2 saturated heterocycles. The lowest BCUT2D eigenvalue weighted by Gasteiger charge is -2.38. The number of hydrogen-bond donors (Lipinski definition) is 2. The van der Waals surface area contributed by atoms with Crippen LogP contribution in [0.1, 0.15) is 36.0 Å². The van der Waals surface area contributed by atoms with E-state index in [1.807, 2.05) is 0 Å². The van der Waals surface area contributed by atoms with Crippen molar-refractivity contribution in [2.24, 2.45) is 0 Å². The Hall–Kier alpha value is -2.07. The summed E-state index contributed by atoms with van der Waals surface area (Å²) in [4.78, 5) is 17.5. The van der Waals surface area contributed by atoms with E-state index in [4.69, 9.17) is 11.2 Å². The number of carbonyl (C=O) groups excluding carboxylic acids is 1. The highest BCUT2D eigenvalue weighted by Gasteiger charge is 2.31. The molecule has 0 spiro atoms. The minimum absolute atomic E-state index is 0.169. The van der Waals surface area contributed by atoms with Crippen LogP contribution in [0.15, 0.2) is 24.3 Å². The normalized spacial score (nSPS) is 24.9. The molecule has 152 valence electrons. The van der Waals surface area contributed by atoms with E-state index in [2.05, 4.69) is 28.1 Å². The van der Waals surface area contributed by atoms with Gasteiger partial charge in [-0.05, 0) is 76.6 Å². The average molecular weight is 386 g/mol. The molecule has 2 aliphatic rings. The van der Waals surface area contributed by atoms with Gasteiger partial charge in [-0.1, -0.05) is 5.92 Å². The van der Waals surface area contributed by atoms with Gasteiger partial charge in [0.15, 0.2) is 0 Å². The van der Waals surface area contributed by atoms with Crippen LogP contribution in [0.4, 0.5) is 0 Å². The van der Waals surface area contributed by atoms with E-state index in [0.717, 1.165) is 38.9 Å². The zero-order valence-electron chi connectivity index (χ0n) is 16.6. The van der Waals surface area contributed by atoms with E-state index in [-0.39, 0.29) is 18.6 Å². The Labute approximate surface area is 167 Å². The Morgan fingerprint density at radius 2 is 1.96 bits per heavy atom. The number of likely N-dealkylation sites (tertiary alicyclic amines) is 2. The monoisotopic (exact) mass is 385 g/mol. The molecule has 1 aromatic rings. The fraction of sp³-hybridized carbons (Fsp3) is 0.591. The molecule has 2 atom stereocenters. The highest BCUT2D eigenvalue weighted by Crippen LogP contribution is 2.21. The smallest absolute Gasteiger partial charge is 0.251 e. The second kappa shape index (κ2) is 9.92. The number of hydrogen-bond acceptors (Lipinski definition) is 5. The summed E-state index contributed by atoms with van der Waals surface area (Å²) in [5.41, 5.74) is 0.551. The Kier molecular flexibility index (Phi) is 7.32. The van der Waals surface area contributed by atoms with Crippen molar-refractivity contribution in [1.29, 1.82) is 0 Å². The highest BCUT2D eigenvalue weighted by molar-refractivity contribution is 5.94. The van der Waals surface area contributed by atoms with Crippen molar-refractivity contribution in [3.63, 3.8) is 0 Å². The van der Waals surface area contributed by atoms with Crippen LogP contribution in [-0.4, -0.2) is 78.8 Å². The molecule has 2 N–H and O–H groups in total. The summed E-state index contributed by atoms with van der Waals surface area (Å²) in [5, 5.41) is 13.6. The second-order valence-electron chi connectivity index (χ2n) is 7.84. The van der Waals surface area contributed by atoms with E-state index in [9.17, 15) is 9.90 Å². The summed E-state index contributed by atoms with van der Waals surface area (Å²) >= 11 is 0. The lowest BCUT2D eigenvalue weighted by molar-refractivity contribution is 0.0723. The largest absolute Gasteiger partial charge is 0.481 e. The van der Waals surface area contributed by atoms with Gasteiger partial charge < -0.3 is 20.1 Å². The van der Waals surface area contributed by atoms with Crippen molar-refractivity contribution in [2.75, 3.05) is 39.8 Å². The molecule has 0 bridgehead atoms. The maximum Gasteiger partial charge on any atom is 0.251 e. The van der Waals surface area contributed by atoms with Gasteiger partial charge in [-0.25, -0.2) is 0 Å². The zero-order valence-corrected chi connectivity index (χ0v) is 16.6. The summed E-state index contributed by atoms with van der Waals surface area (Å²) in [6.45, 7) is 4.10. The number of nitrogens with zero attached hydrogens (tertiary/aromatic N) is 2. The number of terminal acetylenes is 1. The summed E-state index contributed by atoms with van der Waals surface area (Å²) < 4.78 is 5.34. The van der Waals surface area contributed by atoms with Gasteiger partial charge in [0, 0.05) is 18.2 Å². The predicted molar refractivity (Wildman–Crippen MR) is 109 cm³/mol. The first-order valence-corrected chi connectivity index (χ1v) is 10.1. The third-order valence-electron chi connectivity index (χ3n) is 5.80. The zero-order chi connectivity index (χ0) is 19.9. The lowest BCUT2D eigenvalue weighted by Crippen LogP contribution is -2.52. The minimum Gasteiger partial charge on any atom is -0.481 e. The molecule has 28 heavy (non-hydrogen) atoms. The van der Waals surface area contributed by atoms with Crippen LogP contribution in [0.2, 0.25) is 0 Å². The predicted octanol–water partition coefficient (Wildman–Crippen LogP) is 1.35. The molecule has 2 aliphatic heterocycles. The molecule has 0 aromatic heterocycles. The van der Waals surface area contributed by atoms with Gasteiger partial charge in [0.2, 0.25) is 0 Å². The fourth-order valence-electron chi connectivity index (χ4n) is 4.08.